The Morgan fingerprint density at radius 1 is 0.683 bits per heavy atom. The molecule has 3 heterocycles. The van der Waals surface area contributed by atoms with Crippen molar-refractivity contribution in [2.24, 2.45) is 0 Å². The Morgan fingerprint density at radius 3 is 2.39 bits per heavy atom. The molecule has 3 aromatic heterocycles. The molecule has 0 amide bonds. The van der Waals surface area contributed by atoms with E-state index in [0.717, 1.165) is 58.2 Å². The second-order valence-corrected chi connectivity index (χ2v) is 11.4. The summed E-state index contributed by atoms with van der Waals surface area (Å²) in [6, 6.07) is 43.8. The van der Waals surface area contributed by atoms with Crippen LogP contribution in [0.25, 0.3) is 58.2 Å². The van der Waals surface area contributed by atoms with Gasteiger partial charge in [-0.2, -0.15) is 17.4 Å². The maximum atomic E-state index is 6.32. The Kier molecular flexibility index (Phi) is 6.75. The van der Waals surface area contributed by atoms with Gasteiger partial charge in [0.15, 0.2) is 5.13 Å². The molecule has 0 aliphatic rings. The van der Waals surface area contributed by atoms with Crippen LogP contribution in [-0.2, 0) is 21.1 Å². The average Bonchev–Trinajstić information content (AvgIpc) is 3.73. The van der Waals surface area contributed by atoms with E-state index in [1.165, 1.54) is 0 Å². The summed E-state index contributed by atoms with van der Waals surface area (Å²) in [5, 5.41) is 4.08. The number of hydrogen-bond donors (Lipinski definition) is 0. The standard InChI is InChI=1S/C34H19N3OS2.Pt/c1-2-9-22(10-3-1)32-21-35-33(39-32)23-11-8-12-24(19-23)38-25-17-18-27-26-13-4-6-15-29(26)37(30(27)20-25)34-36-28-14-5-7-16-31(28)40-34;/h1-18,21H;/q-2;+2. The summed E-state index contributed by atoms with van der Waals surface area (Å²) in [5.41, 5.74) is 5.07. The van der Waals surface area contributed by atoms with Gasteiger partial charge in [0.2, 0.25) is 0 Å². The zero-order valence-corrected chi connectivity index (χ0v) is 25.3. The van der Waals surface area contributed by atoms with Gasteiger partial charge in [0, 0.05) is 33.1 Å². The predicted molar refractivity (Wildman–Crippen MR) is 165 cm³/mol. The van der Waals surface area contributed by atoms with Crippen LogP contribution in [0.5, 0.6) is 11.5 Å². The van der Waals surface area contributed by atoms with Gasteiger partial charge in [-0.25, -0.2) is 4.98 Å². The molecule has 4 nitrogen and oxygen atoms in total. The zero-order valence-electron chi connectivity index (χ0n) is 21.4. The van der Waals surface area contributed by atoms with Crippen LogP contribution < -0.4 is 4.74 Å². The molecule has 8 rings (SSSR count). The van der Waals surface area contributed by atoms with E-state index in [0.29, 0.717) is 11.5 Å². The van der Waals surface area contributed by atoms with Crippen LogP contribution in [0.1, 0.15) is 0 Å². The van der Waals surface area contributed by atoms with E-state index < -0.39 is 0 Å². The number of para-hydroxylation sites is 2. The fraction of sp³-hybridized carbons (Fsp3) is 0. The van der Waals surface area contributed by atoms with Crippen molar-refractivity contribution in [3.8, 4) is 37.6 Å². The first-order valence-electron chi connectivity index (χ1n) is 12.8. The van der Waals surface area contributed by atoms with E-state index in [-0.39, 0.29) is 21.1 Å². The van der Waals surface area contributed by atoms with Crippen LogP contribution >= 0.6 is 22.7 Å². The Balaban J connectivity index is 0.00000276. The van der Waals surface area contributed by atoms with Gasteiger partial charge in [-0.3, -0.25) is 4.98 Å². The minimum absolute atomic E-state index is 0. The molecule has 0 bridgehead atoms. The van der Waals surface area contributed by atoms with Gasteiger partial charge in [-0.15, -0.1) is 41.3 Å². The van der Waals surface area contributed by atoms with Crippen molar-refractivity contribution in [2.75, 3.05) is 0 Å². The van der Waals surface area contributed by atoms with Crippen molar-refractivity contribution < 1.29 is 25.8 Å². The third-order valence-electron chi connectivity index (χ3n) is 6.81. The molecule has 41 heavy (non-hydrogen) atoms. The zero-order chi connectivity index (χ0) is 26.5. The van der Waals surface area contributed by atoms with Gasteiger partial charge in [0.1, 0.15) is 0 Å². The summed E-state index contributed by atoms with van der Waals surface area (Å²) in [5.74, 6) is 1.24. The van der Waals surface area contributed by atoms with Crippen LogP contribution in [0.2, 0.25) is 0 Å². The molecular weight excluding hydrogens is 726 g/mol. The topological polar surface area (TPSA) is 39.9 Å². The first-order valence-corrected chi connectivity index (χ1v) is 14.5. The number of rotatable bonds is 5. The predicted octanol–water partition coefficient (Wildman–Crippen LogP) is 9.57. The summed E-state index contributed by atoms with van der Waals surface area (Å²) in [6.07, 6.45) is 1.92. The van der Waals surface area contributed by atoms with Crippen molar-refractivity contribution in [1.82, 2.24) is 14.5 Å². The third kappa shape index (κ3) is 4.68. The Bertz CT molecular complexity index is 2130. The fourth-order valence-corrected chi connectivity index (χ4v) is 6.86. The molecule has 5 aromatic carbocycles. The minimum atomic E-state index is 0. The molecule has 7 heteroatoms. The fourth-order valence-electron chi connectivity index (χ4n) is 4.97. The monoisotopic (exact) mass is 744 g/mol. The van der Waals surface area contributed by atoms with Gasteiger partial charge in [0.25, 0.3) is 0 Å². The van der Waals surface area contributed by atoms with E-state index in [2.05, 4.69) is 76.3 Å². The first-order chi connectivity index (χ1) is 19.8. The van der Waals surface area contributed by atoms with Gasteiger partial charge >= 0.3 is 21.1 Å². The Labute approximate surface area is 258 Å². The molecule has 0 spiro atoms. The molecule has 0 unspecified atom stereocenters. The first kappa shape index (κ1) is 25.8. The molecule has 0 radical (unpaired) electrons. The van der Waals surface area contributed by atoms with Crippen molar-refractivity contribution in [1.29, 1.82) is 0 Å². The van der Waals surface area contributed by atoms with Crippen molar-refractivity contribution >= 4 is 54.7 Å². The molecule has 8 aromatic rings. The molecule has 0 aliphatic heterocycles. The number of aromatic nitrogens is 3. The van der Waals surface area contributed by atoms with E-state index in [1.807, 2.05) is 60.8 Å². The largest absolute Gasteiger partial charge is 2.00 e. The number of hydrogen-bond acceptors (Lipinski definition) is 5. The number of benzene rings is 5. The van der Waals surface area contributed by atoms with Crippen molar-refractivity contribution in [2.45, 2.75) is 0 Å². The minimum Gasteiger partial charge on any atom is -0.503 e. The van der Waals surface area contributed by atoms with Crippen LogP contribution in [-0.4, -0.2) is 14.5 Å². The van der Waals surface area contributed by atoms with Crippen LogP contribution in [0.15, 0.2) is 115 Å². The number of thiazole rings is 2. The van der Waals surface area contributed by atoms with Crippen LogP contribution in [0, 0.1) is 12.1 Å². The molecule has 0 saturated carbocycles. The second-order valence-electron chi connectivity index (χ2n) is 9.33. The van der Waals surface area contributed by atoms with E-state index >= 15 is 0 Å². The number of nitrogens with zero attached hydrogens (tertiary/aromatic N) is 3. The smallest absolute Gasteiger partial charge is 0.503 e. The summed E-state index contributed by atoms with van der Waals surface area (Å²) >= 11 is 3.32. The molecule has 198 valence electrons. The molecule has 0 fully saturated rings. The quantitative estimate of drug-likeness (QED) is 0.165. The van der Waals surface area contributed by atoms with Gasteiger partial charge in [-0.05, 0) is 29.1 Å². The molecule has 0 atom stereocenters. The maximum Gasteiger partial charge on any atom is 2.00 e. The number of fused-ring (bicyclic) bond motifs is 4. The molecule has 0 N–H and O–H groups in total. The molecule has 0 saturated heterocycles. The summed E-state index contributed by atoms with van der Waals surface area (Å²) in [6.45, 7) is 0. The maximum absolute atomic E-state index is 6.32. The second kappa shape index (κ2) is 10.7. The summed E-state index contributed by atoms with van der Waals surface area (Å²) in [4.78, 5) is 10.7. The van der Waals surface area contributed by atoms with E-state index in [9.17, 15) is 0 Å². The van der Waals surface area contributed by atoms with Gasteiger partial charge in [0.05, 0.1) is 10.2 Å². The van der Waals surface area contributed by atoms with Crippen LogP contribution in [0.4, 0.5) is 0 Å². The SMILES string of the molecule is [Pt+2].[c-]1c(Oc2[c-]c3c(cc2)c2ccccc2n3-c2nc3ccccc3s2)cccc1-c1ncc(-c2ccccc2)s1. The van der Waals surface area contributed by atoms with Gasteiger partial charge < -0.3 is 9.30 Å². The van der Waals surface area contributed by atoms with E-state index in [4.69, 9.17) is 9.72 Å². The summed E-state index contributed by atoms with van der Waals surface area (Å²) < 4.78 is 9.66. The van der Waals surface area contributed by atoms with Crippen molar-refractivity contribution in [3.05, 3.63) is 128 Å². The van der Waals surface area contributed by atoms with Crippen molar-refractivity contribution in [3.63, 3.8) is 0 Å². The third-order valence-corrected chi connectivity index (χ3v) is 8.91. The molecule has 0 aliphatic carbocycles. The number of ether oxygens (including phenoxy) is 1. The van der Waals surface area contributed by atoms with Gasteiger partial charge in [-0.1, -0.05) is 83.6 Å². The molecular formula is C34H19N3OPtS2. The normalized spacial score (nSPS) is 11.2. The van der Waals surface area contributed by atoms with Crippen LogP contribution in [0.3, 0.4) is 0 Å². The Morgan fingerprint density at radius 2 is 1.49 bits per heavy atom. The Hall–Kier alpha value is -4.09. The summed E-state index contributed by atoms with van der Waals surface area (Å²) in [7, 11) is 0. The van der Waals surface area contributed by atoms with E-state index in [1.54, 1.807) is 22.7 Å². The average molecular weight is 745 g/mol.